The summed E-state index contributed by atoms with van der Waals surface area (Å²) < 4.78 is 5.27. The van der Waals surface area contributed by atoms with Crippen LogP contribution in [0.5, 0.6) is 0 Å². The van der Waals surface area contributed by atoms with Gasteiger partial charge in [0.2, 0.25) is 0 Å². The summed E-state index contributed by atoms with van der Waals surface area (Å²) in [5, 5.41) is 1.48. The quantitative estimate of drug-likeness (QED) is 0.697. The predicted octanol–water partition coefficient (Wildman–Crippen LogP) is -0.0942. The van der Waals surface area contributed by atoms with Gasteiger partial charge in [0.05, 0.1) is 18.6 Å². The second-order valence-corrected chi connectivity index (χ2v) is 4.19. The third-order valence-electron chi connectivity index (χ3n) is 3.27. The van der Waals surface area contributed by atoms with Crippen LogP contribution in [0, 0.1) is 5.41 Å². The lowest BCUT2D eigenvalue weighted by molar-refractivity contribution is -0.184. The summed E-state index contributed by atoms with van der Waals surface area (Å²) in [5.74, 6) is 0.0470. The molecular formula is C10H18N2O3. The average molecular weight is 214 g/mol. The number of carbonyl (C=O) groups excluding carboxylic acids is 1. The van der Waals surface area contributed by atoms with Gasteiger partial charge >= 0.3 is 0 Å². The van der Waals surface area contributed by atoms with Gasteiger partial charge in [-0.2, -0.15) is 0 Å². The van der Waals surface area contributed by atoms with Crippen LogP contribution < -0.4 is 5.73 Å². The minimum absolute atomic E-state index is 0.0470. The van der Waals surface area contributed by atoms with E-state index in [1.54, 1.807) is 0 Å². The van der Waals surface area contributed by atoms with E-state index in [-0.39, 0.29) is 5.91 Å². The molecule has 5 nitrogen and oxygen atoms in total. The SMILES string of the molecule is NCC1(C(=O)N2CCCO2)CCOCC1. The number of carbonyl (C=O) groups is 1. The van der Waals surface area contributed by atoms with Crippen LogP contribution >= 0.6 is 0 Å². The molecule has 0 aliphatic carbocycles. The first-order valence-electron chi connectivity index (χ1n) is 5.51. The minimum atomic E-state index is -0.442. The molecule has 2 heterocycles. The molecule has 2 N–H and O–H groups in total. The third-order valence-corrected chi connectivity index (χ3v) is 3.27. The fourth-order valence-electron chi connectivity index (χ4n) is 2.14. The molecule has 0 unspecified atom stereocenters. The molecule has 2 rings (SSSR count). The van der Waals surface area contributed by atoms with Crippen LogP contribution in [0.1, 0.15) is 19.3 Å². The number of hydroxylamine groups is 2. The zero-order valence-corrected chi connectivity index (χ0v) is 8.91. The Morgan fingerprint density at radius 1 is 1.33 bits per heavy atom. The Balaban J connectivity index is 2.06. The Hall–Kier alpha value is -0.650. The van der Waals surface area contributed by atoms with Gasteiger partial charge in [-0.1, -0.05) is 0 Å². The van der Waals surface area contributed by atoms with Gasteiger partial charge in [0.15, 0.2) is 0 Å². The highest BCUT2D eigenvalue weighted by atomic mass is 16.7. The standard InChI is InChI=1S/C10H18N2O3/c11-8-10(2-6-14-7-3-10)9(13)12-4-1-5-15-12/h1-8,11H2. The summed E-state index contributed by atoms with van der Waals surface area (Å²) in [5.41, 5.74) is 5.31. The van der Waals surface area contributed by atoms with Crippen molar-refractivity contribution < 1.29 is 14.4 Å². The van der Waals surface area contributed by atoms with Gasteiger partial charge in [-0.25, -0.2) is 5.06 Å². The normalized spacial score (nSPS) is 25.5. The Morgan fingerprint density at radius 3 is 2.60 bits per heavy atom. The van der Waals surface area contributed by atoms with Crippen LogP contribution in [-0.2, 0) is 14.4 Å². The molecule has 0 aromatic carbocycles. The van der Waals surface area contributed by atoms with E-state index in [2.05, 4.69) is 0 Å². The molecule has 2 aliphatic heterocycles. The Bertz CT molecular complexity index is 233. The van der Waals surface area contributed by atoms with Crippen LogP contribution in [0.4, 0.5) is 0 Å². The molecule has 1 amide bonds. The lowest BCUT2D eigenvalue weighted by Gasteiger charge is -2.36. The second kappa shape index (κ2) is 4.47. The van der Waals surface area contributed by atoms with E-state index in [0.29, 0.717) is 45.8 Å². The highest BCUT2D eigenvalue weighted by Crippen LogP contribution is 2.32. The summed E-state index contributed by atoms with van der Waals surface area (Å²) in [6, 6.07) is 0. The Morgan fingerprint density at radius 2 is 2.07 bits per heavy atom. The maximum atomic E-state index is 12.2. The molecule has 0 spiro atoms. The maximum Gasteiger partial charge on any atom is 0.253 e. The number of hydrogen-bond donors (Lipinski definition) is 1. The van der Waals surface area contributed by atoms with Crippen molar-refractivity contribution >= 4 is 5.91 Å². The molecule has 15 heavy (non-hydrogen) atoms. The number of nitrogens with zero attached hydrogens (tertiary/aromatic N) is 1. The zero-order chi connectivity index (χ0) is 10.7. The molecule has 0 aromatic heterocycles. The predicted molar refractivity (Wildman–Crippen MR) is 53.8 cm³/mol. The van der Waals surface area contributed by atoms with Crippen LogP contribution in [0.3, 0.4) is 0 Å². The van der Waals surface area contributed by atoms with Crippen molar-refractivity contribution in [3.63, 3.8) is 0 Å². The summed E-state index contributed by atoms with van der Waals surface area (Å²) in [4.78, 5) is 17.5. The number of ether oxygens (including phenoxy) is 1. The zero-order valence-electron chi connectivity index (χ0n) is 8.91. The lowest BCUT2D eigenvalue weighted by atomic mass is 9.79. The monoisotopic (exact) mass is 214 g/mol. The highest BCUT2D eigenvalue weighted by Gasteiger charge is 2.42. The average Bonchev–Trinajstić information content (AvgIpc) is 2.82. The molecule has 86 valence electrons. The van der Waals surface area contributed by atoms with E-state index in [1.165, 1.54) is 5.06 Å². The van der Waals surface area contributed by atoms with Crippen LogP contribution in [0.15, 0.2) is 0 Å². The number of amides is 1. The molecule has 2 aliphatic rings. The van der Waals surface area contributed by atoms with E-state index in [4.69, 9.17) is 15.3 Å². The fraction of sp³-hybridized carbons (Fsp3) is 0.900. The van der Waals surface area contributed by atoms with Gasteiger partial charge in [0, 0.05) is 19.8 Å². The van der Waals surface area contributed by atoms with Crippen molar-refractivity contribution in [2.24, 2.45) is 11.1 Å². The molecule has 2 saturated heterocycles. The smallest absolute Gasteiger partial charge is 0.253 e. The van der Waals surface area contributed by atoms with Crippen LogP contribution in [0.2, 0.25) is 0 Å². The van der Waals surface area contributed by atoms with E-state index < -0.39 is 5.41 Å². The Labute approximate surface area is 89.5 Å². The summed E-state index contributed by atoms with van der Waals surface area (Å²) in [7, 11) is 0. The van der Waals surface area contributed by atoms with Crippen molar-refractivity contribution in [1.82, 2.24) is 5.06 Å². The summed E-state index contributed by atoms with van der Waals surface area (Å²) in [6.07, 6.45) is 2.34. The Kier molecular flexibility index (Phi) is 3.23. The first kappa shape index (κ1) is 10.9. The number of nitrogens with two attached hydrogens (primary N) is 1. The number of rotatable bonds is 2. The summed E-state index contributed by atoms with van der Waals surface area (Å²) >= 11 is 0. The molecule has 0 aromatic rings. The van der Waals surface area contributed by atoms with Crippen LogP contribution in [0.25, 0.3) is 0 Å². The molecule has 2 fully saturated rings. The van der Waals surface area contributed by atoms with Crippen molar-refractivity contribution in [3.8, 4) is 0 Å². The fourth-order valence-corrected chi connectivity index (χ4v) is 2.14. The van der Waals surface area contributed by atoms with Gasteiger partial charge in [0.1, 0.15) is 0 Å². The topological polar surface area (TPSA) is 64.8 Å². The first-order valence-corrected chi connectivity index (χ1v) is 5.51. The van der Waals surface area contributed by atoms with E-state index in [0.717, 1.165) is 6.42 Å². The molecule has 0 saturated carbocycles. The lowest BCUT2D eigenvalue weighted by Crippen LogP contribution is -2.49. The van der Waals surface area contributed by atoms with Gasteiger partial charge < -0.3 is 10.5 Å². The van der Waals surface area contributed by atoms with E-state index in [9.17, 15) is 4.79 Å². The molecule has 0 bridgehead atoms. The third kappa shape index (κ3) is 2.00. The van der Waals surface area contributed by atoms with Crippen molar-refractivity contribution in [3.05, 3.63) is 0 Å². The molecule has 0 radical (unpaired) electrons. The van der Waals surface area contributed by atoms with Crippen molar-refractivity contribution in [2.75, 3.05) is 32.9 Å². The van der Waals surface area contributed by atoms with E-state index in [1.807, 2.05) is 0 Å². The van der Waals surface area contributed by atoms with Crippen molar-refractivity contribution in [1.29, 1.82) is 0 Å². The largest absolute Gasteiger partial charge is 0.381 e. The summed E-state index contributed by atoms with van der Waals surface area (Å²) in [6.45, 7) is 2.97. The second-order valence-electron chi connectivity index (χ2n) is 4.19. The molecule has 0 atom stereocenters. The van der Waals surface area contributed by atoms with E-state index >= 15 is 0 Å². The van der Waals surface area contributed by atoms with Gasteiger partial charge in [-0.15, -0.1) is 0 Å². The van der Waals surface area contributed by atoms with Crippen LogP contribution in [-0.4, -0.2) is 43.9 Å². The maximum absolute atomic E-state index is 12.2. The van der Waals surface area contributed by atoms with Gasteiger partial charge in [-0.05, 0) is 19.3 Å². The van der Waals surface area contributed by atoms with Gasteiger partial charge in [-0.3, -0.25) is 9.63 Å². The number of hydrogen-bond acceptors (Lipinski definition) is 4. The van der Waals surface area contributed by atoms with Gasteiger partial charge in [0.25, 0.3) is 5.91 Å². The first-order chi connectivity index (χ1) is 7.28. The van der Waals surface area contributed by atoms with Crippen molar-refractivity contribution in [2.45, 2.75) is 19.3 Å². The molecular weight excluding hydrogens is 196 g/mol. The highest BCUT2D eigenvalue weighted by molar-refractivity contribution is 5.82. The molecule has 5 heteroatoms. The minimum Gasteiger partial charge on any atom is -0.381 e.